The average molecular weight is 461 g/mol. The Morgan fingerprint density at radius 3 is 2.38 bits per heavy atom. The van der Waals surface area contributed by atoms with Crippen molar-refractivity contribution < 1.29 is 31.9 Å². The van der Waals surface area contributed by atoms with Crippen LogP contribution in [-0.4, -0.2) is 35.8 Å². The summed E-state index contributed by atoms with van der Waals surface area (Å²) in [6.07, 6.45) is -2.01. The Hall–Kier alpha value is -3.31. The second-order valence-corrected chi connectivity index (χ2v) is 7.31. The predicted octanol–water partition coefficient (Wildman–Crippen LogP) is 2.72. The molecule has 6 N–H and O–H groups in total. The van der Waals surface area contributed by atoms with Gasteiger partial charge in [-0.25, -0.2) is 13.8 Å². The lowest BCUT2D eigenvalue weighted by molar-refractivity contribution is -0.158. The van der Waals surface area contributed by atoms with Crippen molar-refractivity contribution in [3.8, 4) is 0 Å². The highest BCUT2D eigenvalue weighted by molar-refractivity contribution is 5.93. The highest BCUT2D eigenvalue weighted by Crippen LogP contribution is 2.23. The molecule has 0 saturated carbocycles. The largest absolute Gasteiger partial charge is 0.473 e. The second-order valence-electron chi connectivity index (χ2n) is 7.31. The number of nitrogens with one attached hydrogen (secondary N) is 2. The van der Waals surface area contributed by atoms with Crippen LogP contribution in [0.25, 0.3) is 0 Å². The maximum absolute atomic E-state index is 12.8. The number of aromatic nitrogens is 1. The number of anilines is 1. The van der Waals surface area contributed by atoms with Crippen LogP contribution in [0.15, 0.2) is 35.9 Å². The summed E-state index contributed by atoms with van der Waals surface area (Å²) in [7, 11) is 0. The lowest BCUT2D eigenvalue weighted by Gasteiger charge is -2.17. The van der Waals surface area contributed by atoms with E-state index < -0.39 is 36.8 Å². The van der Waals surface area contributed by atoms with E-state index in [1.54, 1.807) is 39.8 Å². The number of carbonyl (C=O) groups is 2. The Kier molecular flexibility index (Phi) is 9.48. The number of aryl methyl sites for hydroxylation is 1. The molecule has 2 amide bonds. The minimum absolute atomic E-state index is 0.212. The van der Waals surface area contributed by atoms with E-state index in [9.17, 15) is 27.2 Å². The molecule has 1 heterocycles. The van der Waals surface area contributed by atoms with Crippen LogP contribution in [0.4, 0.5) is 23.4 Å². The lowest BCUT2D eigenvalue weighted by Crippen LogP contribution is -2.33. The number of allylic oxidation sites excluding steroid dienone is 2. The molecule has 0 saturated heterocycles. The SMILES string of the molecule is Cc1cc(C(C)NC(=O)/C(N)=C/C=C(\N)OCC(F)(F)C(F)F)cc(NC(=O)C(C)C)n1. The van der Waals surface area contributed by atoms with Gasteiger partial charge in [0, 0.05) is 11.6 Å². The van der Waals surface area contributed by atoms with E-state index in [2.05, 4.69) is 20.4 Å². The molecule has 0 aliphatic heterocycles. The van der Waals surface area contributed by atoms with E-state index >= 15 is 0 Å². The molecule has 1 atom stereocenters. The molecule has 32 heavy (non-hydrogen) atoms. The molecule has 0 fully saturated rings. The smallest absolute Gasteiger partial charge is 0.340 e. The number of nitrogens with two attached hydrogens (primary N) is 2. The van der Waals surface area contributed by atoms with Crippen LogP contribution in [0, 0.1) is 12.8 Å². The minimum atomic E-state index is -4.36. The van der Waals surface area contributed by atoms with Gasteiger partial charge in [-0.2, -0.15) is 8.78 Å². The third-order valence-electron chi connectivity index (χ3n) is 4.04. The third kappa shape index (κ3) is 8.44. The predicted molar refractivity (Wildman–Crippen MR) is 110 cm³/mol. The van der Waals surface area contributed by atoms with Gasteiger partial charge >= 0.3 is 12.3 Å². The summed E-state index contributed by atoms with van der Waals surface area (Å²) in [4.78, 5) is 28.4. The van der Waals surface area contributed by atoms with Crippen LogP contribution in [0.3, 0.4) is 0 Å². The number of hydrogen-bond donors (Lipinski definition) is 4. The van der Waals surface area contributed by atoms with E-state index in [0.29, 0.717) is 17.1 Å². The van der Waals surface area contributed by atoms with Gasteiger partial charge in [0.1, 0.15) is 5.82 Å². The summed E-state index contributed by atoms with van der Waals surface area (Å²) in [6, 6.07) is 2.78. The first kappa shape index (κ1) is 26.7. The van der Waals surface area contributed by atoms with Crippen LogP contribution in [0.5, 0.6) is 0 Å². The van der Waals surface area contributed by atoms with Crippen molar-refractivity contribution in [1.82, 2.24) is 10.3 Å². The molecular formula is C20H27F4N5O3. The minimum Gasteiger partial charge on any atom is -0.473 e. The number of rotatable bonds is 10. The molecule has 0 aliphatic carbocycles. The number of pyridine rings is 1. The van der Waals surface area contributed by atoms with E-state index in [1.807, 2.05) is 0 Å². The average Bonchev–Trinajstić information content (AvgIpc) is 2.69. The number of amides is 2. The maximum atomic E-state index is 12.8. The van der Waals surface area contributed by atoms with Crippen molar-refractivity contribution in [2.24, 2.45) is 17.4 Å². The molecule has 8 nitrogen and oxygen atoms in total. The van der Waals surface area contributed by atoms with Crippen molar-refractivity contribution in [3.05, 3.63) is 47.1 Å². The molecule has 0 aromatic carbocycles. The molecule has 12 heteroatoms. The molecule has 1 rings (SSSR count). The summed E-state index contributed by atoms with van der Waals surface area (Å²) in [5.41, 5.74) is 11.9. The number of carbonyl (C=O) groups excluding carboxylic acids is 2. The van der Waals surface area contributed by atoms with Gasteiger partial charge in [0.05, 0.1) is 11.7 Å². The molecule has 1 unspecified atom stereocenters. The van der Waals surface area contributed by atoms with E-state index in [0.717, 1.165) is 12.2 Å². The van der Waals surface area contributed by atoms with Gasteiger partial charge in [0.2, 0.25) is 5.91 Å². The topological polar surface area (TPSA) is 132 Å². The van der Waals surface area contributed by atoms with Gasteiger partial charge in [0.15, 0.2) is 12.5 Å². The van der Waals surface area contributed by atoms with Gasteiger partial charge in [-0.1, -0.05) is 13.8 Å². The summed E-state index contributed by atoms with van der Waals surface area (Å²) in [6.45, 7) is 5.25. The molecule has 0 bridgehead atoms. The van der Waals surface area contributed by atoms with E-state index in [1.165, 1.54) is 0 Å². The van der Waals surface area contributed by atoms with Crippen LogP contribution in [-0.2, 0) is 14.3 Å². The highest BCUT2D eigenvalue weighted by atomic mass is 19.3. The molecule has 0 radical (unpaired) electrons. The van der Waals surface area contributed by atoms with Crippen molar-refractivity contribution in [2.75, 3.05) is 11.9 Å². The van der Waals surface area contributed by atoms with Crippen molar-refractivity contribution >= 4 is 17.6 Å². The quantitative estimate of drug-likeness (QED) is 0.183. The van der Waals surface area contributed by atoms with Crippen molar-refractivity contribution in [1.29, 1.82) is 0 Å². The second kappa shape index (κ2) is 11.3. The molecule has 1 aromatic rings. The van der Waals surface area contributed by atoms with E-state index in [-0.39, 0.29) is 17.5 Å². The molecule has 0 spiro atoms. The first-order valence-corrected chi connectivity index (χ1v) is 9.55. The number of hydrogen-bond acceptors (Lipinski definition) is 6. The molecule has 178 valence electrons. The first-order valence-electron chi connectivity index (χ1n) is 9.55. The van der Waals surface area contributed by atoms with E-state index in [4.69, 9.17) is 11.5 Å². The fourth-order valence-electron chi connectivity index (χ4n) is 2.18. The normalized spacial score (nSPS) is 13.8. The fourth-order valence-corrected chi connectivity index (χ4v) is 2.18. The monoisotopic (exact) mass is 461 g/mol. The van der Waals surface area contributed by atoms with Gasteiger partial charge < -0.3 is 26.8 Å². The Balaban J connectivity index is 2.80. The van der Waals surface area contributed by atoms with Crippen LogP contribution in [0.1, 0.15) is 38.1 Å². The zero-order valence-electron chi connectivity index (χ0n) is 18.1. The number of halogens is 4. The van der Waals surface area contributed by atoms with Gasteiger partial charge in [-0.05, 0) is 43.7 Å². The van der Waals surface area contributed by atoms with Crippen LogP contribution >= 0.6 is 0 Å². The maximum Gasteiger partial charge on any atom is 0.340 e. The van der Waals surface area contributed by atoms with Crippen molar-refractivity contribution in [2.45, 2.75) is 46.1 Å². The standard InChI is InChI=1S/C20H27F4N5O3/c1-10(2)17(30)29-16-8-13(7-11(3)27-16)12(4)28-18(31)14(25)5-6-15(26)32-9-20(23,24)19(21)22/h5-8,10,12,19H,9,25-26H2,1-4H3,(H,28,31)(H,27,29,30)/b14-5-,15-6+. The van der Waals surface area contributed by atoms with Gasteiger partial charge in [-0.3, -0.25) is 9.59 Å². The zero-order valence-corrected chi connectivity index (χ0v) is 18.1. The highest BCUT2D eigenvalue weighted by Gasteiger charge is 2.41. The Labute approximate surface area is 183 Å². The molecule has 1 aromatic heterocycles. The molecular weight excluding hydrogens is 434 g/mol. The van der Waals surface area contributed by atoms with Gasteiger partial charge in [-0.15, -0.1) is 0 Å². The van der Waals surface area contributed by atoms with Crippen LogP contribution in [0.2, 0.25) is 0 Å². The van der Waals surface area contributed by atoms with Crippen LogP contribution < -0.4 is 22.1 Å². The summed E-state index contributed by atoms with van der Waals surface area (Å²) < 4.78 is 54.2. The fraction of sp³-hybridized carbons (Fsp3) is 0.450. The Morgan fingerprint density at radius 2 is 1.81 bits per heavy atom. The van der Waals surface area contributed by atoms with Gasteiger partial charge in [0.25, 0.3) is 5.91 Å². The lowest BCUT2D eigenvalue weighted by atomic mass is 10.1. The Morgan fingerprint density at radius 1 is 1.19 bits per heavy atom. The molecule has 0 aliphatic rings. The Bertz CT molecular complexity index is 888. The number of alkyl halides is 4. The summed E-state index contributed by atoms with van der Waals surface area (Å²) in [5.74, 6) is -5.82. The number of ether oxygens (including phenoxy) is 1. The first-order chi connectivity index (χ1) is 14.7. The number of nitrogens with zero attached hydrogens (tertiary/aromatic N) is 1. The zero-order chi connectivity index (χ0) is 24.6. The third-order valence-corrected chi connectivity index (χ3v) is 4.04. The van der Waals surface area contributed by atoms with Crippen molar-refractivity contribution in [3.63, 3.8) is 0 Å². The summed E-state index contributed by atoms with van der Waals surface area (Å²) >= 11 is 0. The summed E-state index contributed by atoms with van der Waals surface area (Å²) in [5, 5.41) is 5.30.